The Hall–Kier alpha value is -2.78. The van der Waals surface area contributed by atoms with Crippen LogP contribution in [0.3, 0.4) is 0 Å². The van der Waals surface area contributed by atoms with E-state index in [4.69, 9.17) is 0 Å². The maximum absolute atomic E-state index is 14.3. The number of rotatable bonds is 12. The first-order valence-electron chi connectivity index (χ1n) is 11.4. The predicted octanol–water partition coefficient (Wildman–Crippen LogP) is 3.42. The molecule has 0 heterocycles. The van der Waals surface area contributed by atoms with E-state index in [1.165, 1.54) is 34.5 Å². The Morgan fingerprint density at radius 1 is 1.00 bits per heavy atom. The number of nitrogens with one attached hydrogen (secondary N) is 1. The molecule has 0 saturated carbocycles. The Morgan fingerprint density at radius 3 is 2.24 bits per heavy atom. The molecule has 34 heavy (non-hydrogen) atoms. The summed E-state index contributed by atoms with van der Waals surface area (Å²) in [4.78, 5) is 27.3. The van der Waals surface area contributed by atoms with Gasteiger partial charge in [0.25, 0.3) is 0 Å². The van der Waals surface area contributed by atoms with Crippen molar-refractivity contribution in [2.24, 2.45) is 5.92 Å². The summed E-state index contributed by atoms with van der Waals surface area (Å²) in [6.07, 6.45) is 0.278. The summed E-state index contributed by atoms with van der Waals surface area (Å²) in [5, 5.41) is 2.82. The van der Waals surface area contributed by atoms with E-state index < -0.39 is 21.9 Å². The van der Waals surface area contributed by atoms with Gasteiger partial charge in [-0.1, -0.05) is 50.2 Å². The molecule has 1 N–H and O–H groups in total. The molecular weight excluding hydrogens is 457 g/mol. The highest BCUT2D eigenvalue weighted by molar-refractivity contribution is 7.89. The zero-order chi connectivity index (χ0) is 25.3. The number of hydrogen-bond acceptors (Lipinski definition) is 4. The molecule has 0 fully saturated rings. The molecule has 1 atom stereocenters. The first kappa shape index (κ1) is 27.5. The second-order valence-corrected chi connectivity index (χ2v) is 10.7. The monoisotopic (exact) mass is 491 g/mol. The number of amides is 2. The lowest BCUT2D eigenvalue weighted by molar-refractivity contribution is -0.140. The minimum Gasteiger partial charge on any atom is -0.354 e. The third-order valence-electron chi connectivity index (χ3n) is 5.47. The Balaban J connectivity index is 2.08. The van der Waals surface area contributed by atoms with Crippen LogP contribution in [0.2, 0.25) is 0 Å². The Kier molecular flexibility index (Phi) is 10.2. The van der Waals surface area contributed by atoms with Crippen molar-refractivity contribution in [3.63, 3.8) is 0 Å². The average molecular weight is 492 g/mol. The second-order valence-electron chi connectivity index (χ2n) is 8.67. The molecule has 2 rings (SSSR count). The Labute approximate surface area is 202 Å². The van der Waals surface area contributed by atoms with Crippen molar-refractivity contribution in [2.75, 3.05) is 20.1 Å². The van der Waals surface area contributed by atoms with Gasteiger partial charge in [0.15, 0.2) is 0 Å². The zero-order valence-electron chi connectivity index (χ0n) is 20.2. The van der Waals surface area contributed by atoms with E-state index in [0.717, 1.165) is 0 Å². The average Bonchev–Trinajstić information content (AvgIpc) is 2.81. The van der Waals surface area contributed by atoms with Gasteiger partial charge in [-0.3, -0.25) is 9.59 Å². The van der Waals surface area contributed by atoms with Crippen LogP contribution in [0.15, 0.2) is 59.5 Å². The van der Waals surface area contributed by atoms with Crippen LogP contribution < -0.4 is 5.32 Å². The lowest BCUT2D eigenvalue weighted by atomic mass is 10.1. The van der Waals surface area contributed by atoms with Crippen molar-refractivity contribution < 1.29 is 22.4 Å². The fraction of sp³-hybridized carbons (Fsp3) is 0.440. The van der Waals surface area contributed by atoms with Gasteiger partial charge in [0.2, 0.25) is 21.8 Å². The van der Waals surface area contributed by atoms with Crippen LogP contribution in [-0.2, 0) is 26.2 Å². The first-order valence-corrected chi connectivity index (χ1v) is 12.8. The molecule has 1 unspecified atom stereocenters. The fourth-order valence-corrected chi connectivity index (χ4v) is 4.56. The van der Waals surface area contributed by atoms with Crippen molar-refractivity contribution in [1.29, 1.82) is 0 Å². The number of hydrogen-bond donors (Lipinski definition) is 1. The highest BCUT2D eigenvalue weighted by Gasteiger charge is 2.27. The van der Waals surface area contributed by atoms with Gasteiger partial charge in [-0.25, -0.2) is 17.1 Å². The van der Waals surface area contributed by atoms with Gasteiger partial charge in [0.05, 0.1) is 4.90 Å². The van der Waals surface area contributed by atoms with Crippen LogP contribution in [0.5, 0.6) is 0 Å². The smallest absolute Gasteiger partial charge is 0.242 e. The van der Waals surface area contributed by atoms with Crippen LogP contribution in [0.25, 0.3) is 0 Å². The highest BCUT2D eigenvalue weighted by Crippen LogP contribution is 2.17. The van der Waals surface area contributed by atoms with Crippen molar-refractivity contribution in [1.82, 2.24) is 14.5 Å². The summed E-state index contributed by atoms with van der Waals surface area (Å²) < 4.78 is 40.8. The molecule has 2 aromatic carbocycles. The second kappa shape index (κ2) is 12.6. The maximum atomic E-state index is 14.3. The van der Waals surface area contributed by atoms with E-state index in [2.05, 4.69) is 5.32 Å². The molecule has 0 aliphatic carbocycles. The molecule has 0 aliphatic heterocycles. The van der Waals surface area contributed by atoms with E-state index >= 15 is 0 Å². The van der Waals surface area contributed by atoms with Crippen molar-refractivity contribution >= 4 is 21.8 Å². The number of sulfonamides is 1. The van der Waals surface area contributed by atoms with Crippen molar-refractivity contribution in [3.8, 4) is 0 Å². The standard InChI is InChI=1S/C25H34FN3O4S/c1-19(2)17-27-25(31)20(3)29(18-21-11-8-9-14-23(21)26)24(30)15-10-16-28(4)34(32,33)22-12-6-5-7-13-22/h5-9,11-14,19-20H,10,15-18H2,1-4H3,(H,27,31). The van der Waals surface area contributed by atoms with Crippen LogP contribution in [0, 0.1) is 11.7 Å². The van der Waals surface area contributed by atoms with Gasteiger partial charge in [-0.05, 0) is 37.5 Å². The summed E-state index contributed by atoms with van der Waals surface area (Å²) >= 11 is 0. The SMILES string of the molecule is CC(C)CNC(=O)C(C)N(Cc1ccccc1F)C(=O)CCCN(C)S(=O)(=O)c1ccccc1. The molecule has 0 aromatic heterocycles. The normalized spacial score (nSPS) is 12.6. The molecule has 2 amide bonds. The third kappa shape index (κ3) is 7.63. The minimum absolute atomic E-state index is 0.0188. The Bertz CT molecular complexity index is 1060. The van der Waals surface area contributed by atoms with Gasteiger partial charge in [0.1, 0.15) is 11.9 Å². The van der Waals surface area contributed by atoms with Gasteiger partial charge in [0, 0.05) is 38.7 Å². The summed E-state index contributed by atoms with van der Waals surface area (Å²) in [6, 6.07) is 13.4. The van der Waals surface area contributed by atoms with Crippen LogP contribution in [-0.4, -0.2) is 55.6 Å². The number of carbonyl (C=O) groups is 2. The third-order valence-corrected chi connectivity index (χ3v) is 7.34. The summed E-state index contributed by atoms with van der Waals surface area (Å²) in [6.45, 7) is 6.08. The molecule has 7 nitrogen and oxygen atoms in total. The molecule has 2 aromatic rings. The number of carbonyl (C=O) groups excluding carboxylic acids is 2. The van der Waals surface area contributed by atoms with Gasteiger partial charge < -0.3 is 10.2 Å². The number of halogens is 1. The lowest BCUT2D eigenvalue weighted by Gasteiger charge is -2.29. The lowest BCUT2D eigenvalue weighted by Crippen LogP contribution is -2.48. The predicted molar refractivity (Wildman–Crippen MR) is 130 cm³/mol. The molecule has 0 spiro atoms. The zero-order valence-corrected chi connectivity index (χ0v) is 21.0. The van der Waals surface area contributed by atoms with E-state index in [0.29, 0.717) is 12.1 Å². The topological polar surface area (TPSA) is 86.8 Å². The van der Waals surface area contributed by atoms with E-state index in [1.54, 1.807) is 43.3 Å². The number of nitrogens with zero attached hydrogens (tertiary/aromatic N) is 2. The molecule has 0 radical (unpaired) electrons. The molecule has 0 saturated heterocycles. The largest absolute Gasteiger partial charge is 0.354 e. The van der Waals surface area contributed by atoms with Gasteiger partial charge in [-0.15, -0.1) is 0 Å². The van der Waals surface area contributed by atoms with Crippen molar-refractivity contribution in [2.45, 2.75) is 51.1 Å². The summed E-state index contributed by atoms with van der Waals surface area (Å²) in [7, 11) is -2.20. The van der Waals surface area contributed by atoms with Crippen LogP contribution in [0.4, 0.5) is 4.39 Å². The van der Waals surface area contributed by atoms with Gasteiger partial charge in [-0.2, -0.15) is 0 Å². The quantitative estimate of drug-likeness (QED) is 0.493. The minimum atomic E-state index is -3.66. The van der Waals surface area contributed by atoms with Crippen LogP contribution >= 0.6 is 0 Å². The molecular formula is C25H34FN3O4S. The van der Waals surface area contributed by atoms with Gasteiger partial charge >= 0.3 is 0 Å². The van der Waals surface area contributed by atoms with E-state index in [-0.39, 0.29) is 48.6 Å². The van der Waals surface area contributed by atoms with Crippen LogP contribution in [0.1, 0.15) is 39.2 Å². The Morgan fingerprint density at radius 2 is 1.62 bits per heavy atom. The number of benzene rings is 2. The fourth-order valence-electron chi connectivity index (χ4n) is 3.33. The summed E-state index contributed by atoms with van der Waals surface area (Å²) in [5.41, 5.74) is 0.308. The maximum Gasteiger partial charge on any atom is 0.242 e. The van der Waals surface area contributed by atoms with E-state index in [9.17, 15) is 22.4 Å². The van der Waals surface area contributed by atoms with Crippen molar-refractivity contribution in [3.05, 3.63) is 66.0 Å². The first-order chi connectivity index (χ1) is 16.0. The van der Waals surface area contributed by atoms with E-state index in [1.807, 2.05) is 13.8 Å². The molecule has 0 bridgehead atoms. The molecule has 186 valence electrons. The highest BCUT2D eigenvalue weighted by atomic mass is 32.2. The summed E-state index contributed by atoms with van der Waals surface area (Å²) in [5.74, 6) is -0.874. The molecule has 0 aliphatic rings. The molecule has 9 heteroatoms.